The van der Waals surface area contributed by atoms with Crippen LogP contribution in [0.15, 0.2) is 255 Å². The molecular formula is C65H42N2. The van der Waals surface area contributed by atoms with Crippen LogP contribution in [0.3, 0.4) is 0 Å². The zero-order valence-electron chi connectivity index (χ0n) is 36.6. The van der Waals surface area contributed by atoms with E-state index in [1.807, 2.05) is 0 Å². The molecule has 1 spiro atoms. The maximum Gasteiger partial charge on any atom is 0.0754 e. The first-order chi connectivity index (χ1) is 33.3. The lowest BCUT2D eigenvalue weighted by Gasteiger charge is -2.40. The second-order valence-corrected chi connectivity index (χ2v) is 18.0. The number of aromatic nitrogens is 1. The van der Waals surface area contributed by atoms with Crippen molar-refractivity contribution in [2.45, 2.75) is 5.41 Å². The SMILES string of the molecule is c1ccc(-c2ccc(N(c3ccc(-c4cccc5ccccc45)cc3)c3cccc(-c4cccc5c4-n4c6ccccc6c6cccc(c64)C54c5ccccc5-c5ccccc54)c3)cc2)cc1. The van der Waals surface area contributed by atoms with Crippen LogP contribution in [0.1, 0.15) is 22.3 Å². The van der Waals surface area contributed by atoms with Gasteiger partial charge in [-0.2, -0.15) is 0 Å². The molecule has 2 heteroatoms. The van der Waals surface area contributed by atoms with Crippen LogP contribution in [-0.4, -0.2) is 4.57 Å². The van der Waals surface area contributed by atoms with Crippen LogP contribution in [-0.2, 0) is 5.41 Å². The molecule has 0 bridgehead atoms. The maximum absolute atomic E-state index is 2.58. The smallest absolute Gasteiger partial charge is 0.0754 e. The normalized spacial score (nSPS) is 12.9. The van der Waals surface area contributed by atoms with E-state index in [0.717, 1.165) is 22.6 Å². The Morgan fingerprint density at radius 2 is 0.806 bits per heavy atom. The molecule has 67 heavy (non-hydrogen) atoms. The van der Waals surface area contributed by atoms with Crippen molar-refractivity contribution in [1.29, 1.82) is 0 Å². The second kappa shape index (κ2) is 14.7. The van der Waals surface area contributed by atoms with Crippen LogP contribution in [0.2, 0.25) is 0 Å². The number of fused-ring (bicyclic) bond motifs is 13. The number of para-hydroxylation sites is 3. The average molecular weight is 851 g/mol. The minimum atomic E-state index is -0.515. The van der Waals surface area contributed by atoms with Gasteiger partial charge in [0, 0.05) is 33.4 Å². The highest BCUT2D eigenvalue weighted by molar-refractivity contribution is 6.13. The largest absolute Gasteiger partial charge is 0.310 e. The molecular weight excluding hydrogens is 809 g/mol. The Labute approximate surface area is 389 Å². The van der Waals surface area contributed by atoms with Gasteiger partial charge in [-0.1, -0.05) is 212 Å². The fourth-order valence-electron chi connectivity index (χ4n) is 11.8. The number of anilines is 3. The van der Waals surface area contributed by atoms with Crippen molar-refractivity contribution in [1.82, 2.24) is 4.57 Å². The molecule has 12 aromatic rings. The summed E-state index contributed by atoms with van der Waals surface area (Å²) >= 11 is 0. The van der Waals surface area contributed by atoms with Gasteiger partial charge in [-0.05, 0) is 114 Å². The summed E-state index contributed by atoms with van der Waals surface area (Å²) in [4.78, 5) is 2.41. The summed E-state index contributed by atoms with van der Waals surface area (Å²) < 4.78 is 2.58. The minimum absolute atomic E-state index is 0.515. The van der Waals surface area contributed by atoms with Crippen molar-refractivity contribution in [2.75, 3.05) is 4.90 Å². The van der Waals surface area contributed by atoms with E-state index < -0.39 is 5.41 Å². The van der Waals surface area contributed by atoms with Gasteiger partial charge in [-0.3, -0.25) is 0 Å². The van der Waals surface area contributed by atoms with Crippen LogP contribution in [0.25, 0.3) is 82.8 Å². The lowest BCUT2D eigenvalue weighted by Crippen LogP contribution is -2.33. The summed E-state index contributed by atoms with van der Waals surface area (Å²) in [5.41, 5.74) is 21.6. The summed E-state index contributed by atoms with van der Waals surface area (Å²) in [6.07, 6.45) is 0. The molecule has 14 rings (SSSR count). The molecule has 0 saturated carbocycles. The number of hydrogen-bond donors (Lipinski definition) is 0. The first-order valence-electron chi connectivity index (χ1n) is 23.3. The summed E-state index contributed by atoms with van der Waals surface area (Å²) in [5, 5.41) is 5.04. The van der Waals surface area contributed by atoms with Gasteiger partial charge < -0.3 is 9.47 Å². The van der Waals surface area contributed by atoms with E-state index in [1.165, 1.54) is 99.5 Å². The van der Waals surface area contributed by atoms with Crippen molar-refractivity contribution in [3.63, 3.8) is 0 Å². The van der Waals surface area contributed by atoms with Gasteiger partial charge in [-0.25, -0.2) is 0 Å². The van der Waals surface area contributed by atoms with E-state index in [2.05, 4.69) is 264 Å². The first kappa shape index (κ1) is 37.6. The summed E-state index contributed by atoms with van der Waals surface area (Å²) in [7, 11) is 0. The van der Waals surface area contributed by atoms with E-state index in [4.69, 9.17) is 0 Å². The molecule has 0 amide bonds. The number of hydrogen-bond acceptors (Lipinski definition) is 1. The third-order valence-electron chi connectivity index (χ3n) is 14.6. The Morgan fingerprint density at radius 3 is 1.58 bits per heavy atom. The molecule has 2 heterocycles. The summed E-state index contributed by atoms with van der Waals surface area (Å²) in [6, 6.07) is 94.3. The molecule has 0 unspecified atom stereocenters. The molecule has 0 atom stereocenters. The molecule has 11 aromatic carbocycles. The molecule has 312 valence electrons. The maximum atomic E-state index is 2.58. The van der Waals surface area contributed by atoms with Crippen LogP contribution in [0.5, 0.6) is 0 Å². The van der Waals surface area contributed by atoms with Crippen LogP contribution >= 0.6 is 0 Å². The molecule has 2 nitrogen and oxygen atoms in total. The monoisotopic (exact) mass is 850 g/mol. The standard InChI is InChI=1S/C65H42N2/c1-2-16-43(17-3-1)44-34-38-48(39-35-44)66(49-40-36-46(37-41-49)52-26-13-19-45-18-4-5-22-51(45)52)50-21-12-20-47(42-50)53-27-14-31-60-63(53)67-62-33-11-8-25-56(62)57-28-15-32-61(64(57)67)65(60)58-29-9-6-23-54(58)55-24-7-10-30-59(55)65/h1-42H. The Morgan fingerprint density at radius 1 is 0.299 bits per heavy atom. The lowest BCUT2D eigenvalue weighted by atomic mass is 9.65. The zero-order valence-corrected chi connectivity index (χ0v) is 36.6. The Kier molecular flexibility index (Phi) is 8.23. The highest BCUT2D eigenvalue weighted by Crippen LogP contribution is 2.62. The van der Waals surface area contributed by atoms with Gasteiger partial charge in [0.15, 0.2) is 0 Å². The van der Waals surface area contributed by atoms with E-state index in [9.17, 15) is 0 Å². The fraction of sp³-hybridized carbons (Fsp3) is 0.0154. The highest BCUT2D eigenvalue weighted by Gasteiger charge is 2.51. The predicted molar refractivity (Wildman–Crippen MR) is 280 cm³/mol. The van der Waals surface area contributed by atoms with Gasteiger partial charge in [0.25, 0.3) is 0 Å². The van der Waals surface area contributed by atoms with Crippen molar-refractivity contribution < 1.29 is 0 Å². The Bertz CT molecular complexity index is 3860. The van der Waals surface area contributed by atoms with Gasteiger partial charge in [0.1, 0.15) is 0 Å². The zero-order chi connectivity index (χ0) is 44.1. The molecule has 2 aliphatic rings. The minimum Gasteiger partial charge on any atom is -0.310 e. The first-order valence-corrected chi connectivity index (χ1v) is 23.3. The molecule has 1 aliphatic carbocycles. The molecule has 0 N–H and O–H groups in total. The number of rotatable bonds is 6. The van der Waals surface area contributed by atoms with Gasteiger partial charge in [0.2, 0.25) is 0 Å². The molecule has 1 aliphatic heterocycles. The number of nitrogens with zero attached hydrogens (tertiary/aromatic N) is 2. The van der Waals surface area contributed by atoms with Crippen LogP contribution in [0, 0.1) is 0 Å². The fourth-order valence-corrected chi connectivity index (χ4v) is 11.8. The quantitative estimate of drug-likeness (QED) is 0.162. The molecule has 1 aromatic heterocycles. The van der Waals surface area contributed by atoms with Crippen LogP contribution < -0.4 is 4.90 Å². The Hall–Kier alpha value is -8.72. The van der Waals surface area contributed by atoms with Crippen molar-refractivity contribution in [3.8, 4) is 50.2 Å². The molecule has 0 saturated heterocycles. The van der Waals surface area contributed by atoms with Gasteiger partial charge in [-0.15, -0.1) is 0 Å². The second-order valence-electron chi connectivity index (χ2n) is 18.0. The molecule has 0 radical (unpaired) electrons. The van der Waals surface area contributed by atoms with E-state index >= 15 is 0 Å². The Balaban J connectivity index is 0.992. The predicted octanol–water partition coefficient (Wildman–Crippen LogP) is 17.1. The van der Waals surface area contributed by atoms with E-state index in [-0.39, 0.29) is 0 Å². The summed E-state index contributed by atoms with van der Waals surface area (Å²) in [6.45, 7) is 0. The van der Waals surface area contributed by atoms with Crippen molar-refractivity contribution >= 4 is 49.6 Å². The van der Waals surface area contributed by atoms with Gasteiger partial charge in [0.05, 0.1) is 22.1 Å². The van der Waals surface area contributed by atoms with Crippen molar-refractivity contribution in [2.24, 2.45) is 0 Å². The third-order valence-corrected chi connectivity index (χ3v) is 14.6. The van der Waals surface area contributed by atoms with Gasteiger partial charge >= 0.3 is 0 Å². The van der Waals surface area contributed by atoms with E-state index in [1.54, 1.807) is 0 Å². The van der Waals surface area contributed by atoms with Crippen molar-refractivity contribution in [3.05, 3.63) is 277 Å². The lowest BCUT2D eigenvalue weighted by molar-refractivity contribution is 0.749. The third kappa shape index (κ3) is 5.45. The highest BCUT2D eigenvalue weighted by atomic mass is 15.1. The van der Waals surface area contributed by atoms with E-state index in [0.29, 0.717) is 0 Å². The topological polar surface area (TPSA) is 8.17 Å². The summed E-state index contributed by atoms with van der Waals surface area (Å²) in [5.74, 6) is 0. The van der Waals surface area contributed by atoms with Crippen LogP contribution in [0.4, 0.5) is 17.1 Å². The molecule has 0 fully saturated rings. The average Bonchev–Trinajstić information content (AvgIpc) is 3.90. The number of benzene rings is 11.